The Labute approximate surface area is 102 Å². The van der Waals surface area contributed by atoms with Gasteiger partial charge in [0.05, 0.1) is 12.7 Å². The van der Waals surface area contributed by atoms with Crippen LogP contribution in [0.2, 0.25) is 0 Å². The van der Waals surface area contributed by atoms with E-state index >= 15 is 0 Å². The van der Waals surface area contributed by atoms with Crippen LogP contribution in [0.4, 0.5) is 4.79 Å². The second-order valence-corrected chi connectivity index (χ2v) is 5.68. The van der Waals surface area contributed by atoms with E-state index in [1.165, 1.54) is 0 Å². The minimum Gasteiger partial charge on any atom is -0.444 e. The third-order valence-corrected chi connectivity index (χ3v) is 2.95. The van der Waals surface area contributed by atoms with Gasteiger partial charge in [-0.05, 0) is 27.2 Å². The average molecular weight is 242 g/mol. The zero-order valence-corrected chi connectivity index (χ0v) is 10.9. The molecule has 98 valence electrons. The lowest BCUT2D eigenvalue weighted by atomic mass is 10.2. The van der Waals surface area contributed by atoms with Gasteiger partial charge in [0, 0.05) is 25.7 Å². The first-order valence-corrected chi connectivity index (χ1v) is 6.28. The molecule has 1 N–H and O–H groups in total. The second-order valence-electron chi connectivity index (χ2n) is 5.68. The van der Waals surface area contributed by atoms with Crippen molar-refractivity contribution in [1.82, 2.24) is 10.2 Å². The van der Waals surface area contributed by atoms with Crippen LogP contribution in [0.15, 0.2) is 0 Å². The molecule has 1 saturated carbocycles. The van der Waals surface area contributed by atoms with Crippen molar-refractivity contribution in [3.8, 4) is 0 Å². The van der Waals surface area contributed by atoms with E-state index in [9.17, 15) is 4.79 Å². The number of carbonyl (C=O) groups is 1. The predicted octanol–water partition coefficient (Wildman–Crippen LogP) is 0.984. The van der Waals surface area contributed by atoms with Gasteiger partial charge in [-0.15, -0.1) is 0 Å². The highest BCUT2D eigenvalue weighted by Crippen LogP contribution is 2.33. The van der Waals surface area contributed by atoms with Crippen molar-refractivity contribution in [2.45, 2.75) is 44.9 Å². The highest BCUT2D eigenvalue weighted by molar-refractivity contribution is 5.67. The Morgan fingerprint density at radius 1 is 1.53 bits per heavy atom. The van der Waals surface area contributed by atoms with Gasteiger partial charge >= 0.3 is 6.09 Å². The molecule has 1 aliphatic carbocycles. The Kier molecular flexibility index (Phi) is 3.58. The van der Waals surface area contributed by atoms with E-state index in [-0.39, 0.29) is 6.09 Å². The van der Waals surface area contributed by atoms with Crippen molar-refractivity contribution in [2.24, 2.45) is 0 Å². The monoisotopic (exact) mass is 242 g/mol. The zero-order chi connectivity index (χ0) is 12.5. The van der Waals surface area contributed by atoms with Crippen molar-refractivity contribution in [2.75, 3.05) is 26.2 Å². The maximum absolute atomic E-state index is 11.4. The highest BCUT2D eigenvalue weighted by Gasteiger charge is 2.45. The van der Waals surface area contributed by atoms with E-state index in [1.807, 2.05) is 20.8 Å². The van der Waals surface area contributed by atoms with E-state index in [0.717, 1.165) is 26.1 Å². The molecule has 0 aromatic carbocycles. The summed E-state index contributed by atoms with van der Waals surface area (Å²) in [5.74, 6) is 0. The minimum atomic E-state index is -0.426. The maximum Gasteiger partial charge on any atom is 0.407 e. The normalized spacial score (nSPS) is 28.4. The molecule has 17 heavy (non-hydrogen) atoms. The number of hydrogen-bond acceptors (Lipinski definition) is 4. The van der Waals surface area contributed by atoms with Crippen LogP contribution >= 0.6 is 0 Å². The van der Waals surface area contributed by atoms with Crippen molar-refractivity contribution in [3.05, 3.63) is 0 Å². The van der Waals surface area contributed by atoms with E-state index < -0.39 is 5.60 Å². The molecule has 0 aromatic heterocycles. The summed E-state index contributed by atoms with van der Waals surface area (Å²) < 4.78 is 10.7. The summed E-state index contributed by atoms with van der Waals surface area (Å²) in [7, 11) is 0. The molecule has 1 saturated heterocycles. The van der Waals surface area contributed by atoms with Crippen LogP contribution in [0.3, 0.4) is 0 Å². The van der Waals surface area contributed by atoms with Crippen LogP contribution in [-0.2, 0) is 9.47 Å². The molecule has 2 unspecified atom stereocenters. The fourth-order valence-electron chi connectivity index (χ4n) is 2.10. The molecule has 2 rings (SSSR count). The van der Waals surface area contributed by atoms with Gasteiger partial charge < -0.3 is 14.8 Å². The summed E-state index contributed by atoms with van der Waals surface area (Å²) in [6.07, 6.45) is 1.26. The summed E-state index contributed by atoms with van der Waals surface area (Å²) in [4.78, 5) is 13.8. The molecule has 0 bridgehead atoms. The molecule has 5 nitrogen and oxygen atoms in total. The number of carbonyl (C=O) groups excluding carboxylic acids is 1. The van der Waals surface area contributed by atoms with Gasteiger partial charge in [0.15, 0.2) is 0 Å². The summed E-state index contributed by atoms with van der Waals surface area (Å²) in [5.41, 5.74) is -0.426. The largest absolute Gasteiger partial charge is 0.444 e. The zero-order valence-electron chi connectivity index (χ0n) is 10.9. The van der Waals surface area contributed by atoms with E-state index in [4.69, 9.17) is 9.47 Å². The smallest absolute Gasteiger partial charge is 0.407 e. The topological polar surface area (TPSA) is 50.8 Å². The molecule has 1 aliphatic heterocycles. The highest BCUT2D eigenvalue weighted by atomic mass is 16.6. The minimum absolute atomic E-state index is 0.335. The van der Waals surface area contributed by atoms with E-state index in [0.29, 0.717) is 18.7 Å². The number of hydrogen-bond donors (Lipinski definition) is 1. The van der Waals surface area contributed by atoms with Gasteiger partial charge in [-0.2, -0.15) is 0 Å². The lowest BCUT2D eigenvalue weighted by Crippen LogP contribution is -2.42. The summed E-state index contributed by atoms with van der Waals surface area (Å²) >= 11 is 0. The summed E-state index contributed by atoms with van der Waals surface area (Å²) in [5, 5.41) is 2.78. The number of ether oxygens (including phenoxy) is 2. The molecular formula is C12H22N2O3. The van der Waals surface area contributed by atoms with Gasteiger partial charge in [0.2, 0.25) is 0 Å². The van der Waals surface area contributed by atoms with Gasteiger partial charge in [-0.25, -0.2) is 4.79 Å². The van der Waals surface area contributed by atoms with E-state index in [1.54, 1.807) is 0 Å². The van der Waals surface area contributed by atoms with Crippen LogP contribution < -0.4 is 5.32 Å². The quantitative estimate of drug-likeness (QED) is 0.801. The fraction of sp³-hybridized carbons (Fsp3) is 0.917. The fourth-order valence-corrected chi connectivity index (χ4v) is 2.10. The standard InChI is InChI=1S/C12H22N2O3/c1-12(2,3)17-11(15)13-4-5-14-6-7-16-10-8-9(10)14/h9-10H,4-8H2,1-3H3,(H,13,15). The molecule has 2 atom stereocenters. The number of morpholine rings is 1. The van der Waals surface area contributed by atoms with Crippen molar-refractivity contribution in [3.63, 3.8) is 0 Å². The molecule has 2 fully saturated rings. The molecule has 0 aromatic rings. The van der Waals surface area contributed by atoms with E-state index in [2.05, 4.69) is 10.2 Å². The lowest BCUT2D eigenvalue weighted by molar-refractivity contribution is 0.0298. The second kappa shape index (κ2) is 4.82. The Balaban J connectivity index is 1.61. The number of nitrogens with one attached hydrogen (secondary N) is 1. The third-order valence-electron chi connectivity index (χ3n) is 2.95. The Bertz CT molecular complexity index is 288. The van der Waals surface area contributed by atoms with Gasteiger partial charge in [0.1, 0.15) is 5.60 Å². The van der Waals surface area contributed by atoms with Crippen LogP contribution in [0.1, 0.15) is 27.2 Å². The number of rotatable bonds is 3. The van der Waals surface area contributed by atoms with Gasteiger partial charge in [0.25, 0.3) is 0 Å². The molecule has 0 radical (unpaired) electrons. The van der Waals surface area contributed by atoms with Gasteiger partial charge in [-0.3, -0.25) is 4.90 Å². The molecule has 5 heteroatoms. The first-order valence-electron chi connectivity index (χ1n) is 6.28. The summed E-state index contributed by atoms with van der Waals surface area (Å²) in [6, 6.07) is 0.587. The van der Waals surface area contributed by atoms with Crippen LogP contribution in [0.5, 0.6) is 0 Å². The van der Waals surface area contributed by atoms with Crippen molar-refractivity contribution >= 4 is 6.09 Å². The molecular weight excluding hydrogens is 220 g/mol. The lowest BCUT2D eigenvalue weighted by Gasteiger charge is -2.26. The van der Waals surface area contributed by atoms with Crippen LogP contribution in [-0.4, -0.2) is 55.0 Å². The first-order chi connectivity index (χ1) is 7.96. The predicted molar refractivity (Wildman–Crippen MR) is 64.0 cm³/mol. The Morgan fingerprint density at radius 2 is 2.29 bits per heavy atom. The summed E-state index contributed by atoms with van der Waals surface area (Å²) in [6.45, 7) is 8.89. The number of amides is 1. The third kappa shape index (κ3) is 3.85. The number of alkyl carbamates (subject to hydrolysis) is 1. The van der Waals surface area contributed by atoms with Gasteiger partial charge in [-0.1, -0.05) is 0 Å². The Hall–Kier alpha value is -0.810. The van der Waals surface area contributed by atoms with Crippen molar-refractivity contribution < 1.29 is 14.3 Å². The Morgan fingerprint density at radius 3 is 3.00 bits per heavy atom. The molecule has 1 heterocycles. The average Bonchev–Trinajstić information content (AvgIpc) is 2.94. The molecule has 0 spiro atoms. The SMILES string of the molecule is CC(C)(C)OC(=O)NCCN1CCOC2CC21. The maximum atomic E-state index is 11.4. The van der Waals surface area contributed by atoms with Crippen molar-refractivity contribution in [1.29, 1.82) is 0 Å². The number of nitrogens with zero attached hydrogens (tertiary/aromatic N) is 1. The first kappa shape index (κ1) is 12.6. The van der Waals surface area contributed by atoms with Crippen LogP contribution in [0, 0.1) is 0 Å². The van der Waals surface area contributed by atoms with Crippen LogP contribution in [0.25, 0.3) is 0 Å². The molecule has 1 amide bonds. The number of fused-ring (bicyclic) bond motifs is 1. The molecule has 2 aliphatic rings.